The molecule has 0 spiro atoms. The van der Waals surface area contributed by atoms with Crippen molar-refractivity contribution in [1.82, 2.24) is 0 Å². The van der Waals surface area contributed by atoms with Crippen molar-refractivity contribution >= 4 is 11.5 Å². The van der Waals surface area contributed by atoms with Gasteiger partial charge < -0.3 is 5.73 Å². The number of nitrogens with two attached hydrogens (primary N) is 1. The van der Waals surface area contributed by atoms with Crippen molar-refractivity contribution in [1.29, 1.82) is 0 Å². The Balaban J connectivity index is 2.43. The number of para-hydroxylation sites is 1. The molecule has 0 atom stereocenters. The van der Waals surface area contributed by atoms with E-state index in [0.717, 1.165) is 5.56 Å². The highest BCUT2D eigenvalue weighted by molar-refractivity contribution is 6.12. The fraction of sp³-hybridized carbons (Fsp3) is 0.0625. The van der Waals surface area contributed by atoms with Gasteiger partial charge in [0, 0.05) is 16.8 Å². The van der Waals surface area contributed by atoms with E-state index in [4.69, 9.17) is 5.73 Å². The van der Waals surface area contributed by atoms with Crippen molar-refractivity contribution in [2.24, 2.45) is 0 Å². The third-order valence-corrected chi connectivity index (χ3v) is 2.84. The van der Waals surface area contributed by atoms with Crippen molar-refractivity contribution in [3.63, 3.8) is 0 Å². The molecule has 2 aromatic rings. The second-order valence-corrected chi connectivity index (χ2v) is 4.07. The van der Waals surface area contributed by atoms with Gasteiger partial charge in [0.25, 0.3) is 0 Å². The van der Waals surface area contributed by atoms with Crippen molar-refractivity contribution in [2.45, 2.75) is 6.42 Å². The number of anilines is 1. The van der Waals surface area contributed by atoms with E-state index in [1.165, 1.54) is 0 Å². The topological polar surface area (TPSA) is 43.1 Å². The van der Waals surface area contributed by atoms with Crippen LogP contribution in [0.25, 0.3) is 0 Å². The number of hydrogen-bond donors (Lipinski definition) is 1. The molecule has 2 heteroatoms. The average Bonchev–Trinajstić information content (AvgIpc) is 2.42. The second kappa shape index (κ2) is 5.32. The van der Waals surface area contributed by atoms with Crippen molar-refractivity contribution in [2.75, 3.05) is 5.73 Å². The molecule has 0 aliphatic carbocycles. The Kier molecular flexibility index (Phi) is 3.58. The van der Waals surface area contributed by atoms with Crippen molar-refractivity contribution in [3.8, 4) is 0 Å². The zero-order valence-electron chi connectivity index (χ0n) is 10.1. The summed E-state index contributed by atoms with van der Waals surface area (Å²) in [5, 5.41) is 0. The first-order chi connectivity index (χ1) is 8.74. The second-order valence-electron chi connectivity index (χ2n) is 4.07. The molecule has 0 saturated carbocycles. The summed E-state index contributed by atoms with van der Waals surface area (Å²) in [6, 6.07) is 14.7. The van der Waals surface area contributed by atoms with E-state index < -0.39 is 0 Å². The summed E-state index contributed by atoms with van der Waals surface area (Å²) in [4.78, 5) is 12.3. The first-order valence-corrected chi connectivity index (χ1v) is 5.82. The minimum absolute atomic E-state index is 0.0426. The van der Waals surface area contributed by atoms with Crippen LogP contribution in [0.1, 0.15) is 21.5 Å². The van der Waals surface area contributed by atoms with Gasteiger partial charge in [-0.25, -0.2) is 0 Å². The Morgan fingerprint density at radius 1 is 1.11 bits per heavy atom. The molecule has 2 aromatic carbocycles. The molecule has 0 bridgehead atoms. The zero-order chi connectivity index (χ0) is 13.0. The van der Waals surface area contributed by atoms with E-state index in [2.05, 4.69) is 6.58 Å². The lowest BCUT2D eigenvalue weighted by Crippen LogP contribution is -2.07. The van der Waals surface area contributed by atoms with Gasteiger partial charge in [-0.2, -0.15) is 0 Å². The molecule has 0 aliphatic rings. The summed E-state index contributed by atoms with van der Waals surface area (Å²) in [7, 11) is 0. The Bertz CT molecular complexity index is 573. The normalized spacial score (nSPS) is 10.0. The summed E-state index contributed by atoms with van der Waals surface area (Å²) in [6.07, 6.45) is 2.45. The lowest BCUT2D eigenvalue weighted by Gasteiger charge is -2.09. The molecular weight excluding hydrogens is 222 g/mol. The minimum atomic E-state index is -0.0426. The molecule has 18 heavy (non-hydrogen) atoms. The van der Waals surface area contributed by atoms with Gasteiger partial charge in [0.05, 0.1) is 0 Å². The van der Waals surface area contributed by atoms with E-state index in [1.54, 1.807) is 24.3 Å². The summed E-state index contributed by atoms with van der Waals surface area (Å²) in [6.45, 7) is 3.69. The van der Waals surface area contributed by atoms with E-state index in [1.807, 2.05) is 30.3 Å². The number of carbonyl (C=O) groups is 1. The predicted molar refractivity (Wildman–Crippen MR) is 74.6 cm³/mol. The van der Waals surface area contributed by atoms with Crippen LogP contribution in [0.5, 0.6) is 0 Å². The first-order valence-electron chi connectivity index (χ1n) is 5.82. The molecule has 0 amide bonds. The monoisotopic (exact) mass is 237 g/mol. The third-order valence-electron chi connectivity index (χ3n) is 2.84. The van der Waals surface area contributed by atoms with E-state index in [9.17, 15) is 4.79 Å². The Hall–Kier alpha value is -2.35. The maximum Gasteiger partial charge on any atom is 0.195 e. The molecule has 0 saturated heterocycles. The fourth-order valence-electron chi connectivity index (χ4n) is 1.89. The maximum atomic E-state index is 12.3. The summed E-state index contributed by atoms with van der Waals surface area (Å²) >= 11 is 0. The molecular formula is C16H15NO. The molecule has 0 radical (unpaired) electrons. The smallest absolute Gasteiger partial charge is 0.195 e. The molecule has 2 nitrogen and oxygen atoms in total. The maximum absolute atomic E-state index is 12.3. The van der Waals surface area contributed by atoms with Crippen molar-refractivity contribution in [3.05, 3.63) is 77.9 Å². The average molecular weight is 237 g/mol. The predicted octanol–water partition coefficient (Wildman–Crippen LogP) is 3.23. The van der Waals surface area contributed by atoms with Crippen LogP contribution in [-0.2, 0) is 6.42 Å². The van der Waals surface area contributed by atoms with Gasteiger partial charge in [-0.3, -0.25) is 4.79 Å². The molecule has 90 valence electrons. The molecule has 0 aliphatic heterocycles. The number of rotatable bonds is 4. The van der Waals surface area contributed by atoms with Crippen LogP contribution in [0.3, 0.4) is 0 Å². The molecule has 2 rings (SSSR count). The number of carbonyl (C=O) groups excluding carboxylic acids is 1. The number of benzene rings is 2. The Morgan fingerprint density at radius 2 is 1.83 bits per heavy atom. The molecule has 2 N–H and O–H groups in total. The summed E-state index contributed by atoms with van der Waals surface area (Å²) in [5.74, 6) is -0.0426. The van der Waals surface area contributed by atoms with Crippen LogP contribution in [-0.4, -0.2) is 5.78 Å². The third kappa shape index (κ3) is 2.33. The van der Waals surface area contributed by atoms with Crippen LogP contribution in [0, 0.1) is 0 Å². The highest BCUT2D eigenvalue weighted by Gasteiger charge is 2.13. The summed E-state index contributed by atoms with van der Waals surface area (Å²) < 4.78 is 0. The quantitative estimate of drug-likeness (QED) is 0.504. The van der Waals surface area contributed by atoms with Gasteiger partial charge in [0.15, 0.2) is 5.78 Å². The number of hydrogen-bond acceptors (Lipinski definition) is 2. The van der Waals surface area contributed by atoms with E-state index in [-0.39, 0.29) is 5.78 Å². The first kappa shape index (κ1) is 12.1. The number of nitrogen functional groups attached to an aromatic ring is 1. The van der Waals surface area contributed by atoms with Gasteiger partial charge in [-0.1, -0.05) is 48.5 Å². The van der Waals surface area contributed by atoms with Crippen LogP contribution < -0.4 is 5.73 Å². The largest absolute Gasteiger partial charge is 0.398 e. The summed E-state index contributed by atoms with van der Waals surface area (Å²) in [5.41, 5.74) is 8.73. The van der Waals surface area contributed by atoms with Gasteiger partial charge >= 0.3 is 0 Å². The van der Waals surface area contributed by atoms with Gasteiger partial charge in [-0.15, -0.1) is 6.58 Å². The lowest BCUT2D eigenvalue weighted by molar-refractivity contribution is 0.103. The van der Waals surface area contributed by atoms with Gasteiger partial charge in [0.2, 0.25) is 0 Å². The zero-order valence-corrected chi connectivity index (χ0v) is 10.1. The van der Waals surface area contributed by atoms with E-state index >= 15 is 0 Å². The van der Waals surface area contributed by atoms with Crippen LogP contribution in [0.15, 0.2) is 61.2 Å². The SMILES string of the molecule is C=CCc1cccc(C(=O)c2ccccc2)c1N. The number of ketones is 1. The molecule has 0 unspecified atom stereocenters. The van der Waals surface area contributed by atoms with Crippen LogP contribution in [0.4, 0.5) is 5.69 Å². The Labute approximate surface area is 107 Å². The standard InChI is InChI=1S/C16H15NO/c1-2-7-12-10-6-11-14(15(12)17)16(18)13-8-4-3-5-9-13/h2-6,8-11H,1,7,17H2. The molecule has 0 fully saturated rings. The fourth-order valence-corrected chi connectivity index (χ4v) is 1.89. The molecule has 0 heterocycles. The van der Waals surface area contributed by atoms with Gasteiger partial charge in [0.1, 0.15) is 0 Å². The van der Waals surface area contributed by atoms with Gasteiger partial charge in [-0.05, 0) is 18.1 Å². The van der Waals surface area contributed by atoms with Crippen LogP contribution in [0.2, 0.25) is 0 Å². The Morgan fingerprint density at radius 3 is 2.50 bits per heavy atom. The molecule has 0 aromatic heterocycles. The highest BCUT2D eigenvalue weighted by atomic mass is 16.1. The highest BCUT2D eigenvalue weighted by Crippen LogP contribution is 2.21. The number of allylic oxidation sites excluding steroid dienone is 1. The van der Waals surface area contributed by atoms with Crippen molar-refractivity contribution < 1.29 is 4.79 Å². The minimum Gasteiger partial charge on any atom is -0.398 e. The van der Waals surface area contributed by atoms with Crippen LogP contribution >= 0.6 is 0 Å². The van der Waals surface area contributed by atoms with E-state index in [0.29, 0.717) is 23.2 Å². The lowest BCUT2D eigenvalue weighted by atomic mass is 9.98.